The van der Waals surface area contributed by atoms with E-state index in [0.717, 1.165) is 49.3 Å². The first-order valence-electron chi connectivity index (χ1n) is 8.22. The molecule has 0 saturated heterocycles. The highest BCUT2D eigenvalue weighted by molar-refractivity contribution is 5.31. The quantitative estimate of drug-likeness (QED) is 0.841. The summed E-state index contributed by atoms with van der Waals surface area (Å²) in [6.07, 6.45) is 4.80. The van der Waals surface area contributed by atoms with Crippen LogP contribution in [0.5, 0.6) is 5.75 Å². The largest absolute Gasteiger partial charge is 0.494 e. The molecular formula is C18H29NO2. The molecule has 0 bridgehead atoms. The molecule has 0 spiro atoms. The summed E-state index contributed by atoms with van der Waals surface area (Å²) in [5, 5.41) is 10.9. The van der Waals surface area contributed by atoms with E-state index >= 15 is 0 Å². The number of hydrogen-bond donors (Lipinski definition) is 2. The van der Waals surface area contributed by atoms with Gasteiger partial charge in [0.25, 0.3) is 0 Å². The van der Waals surface area contributed by atoms with Crippen LogP contribution in [0.2, 0.25) is 0 Å². The minimum absolute atomic E-state index is 0.171. The van der Waals surface area contributed by atoms with Gasteiger partial charge in [-0.15, -0.1) is 0 Å². The summed E-state index contributed by atoms with van der Waals surface area (Å²) in [4.78, 5) is 0. The summed E-state index contributed by atoms with van der Waals surface area (Å²) in [6, 6.07) is 7.86. The standard InChI is InChI=1S/C18H29NO2/c1-3-11-21-16-6-4-5-15(12-16)17(20)18(13-19)9-7-14(2)8-10-18/h4-6,12,14,17,20H,3,7-11,13,19H2,1-2H3. The molecule has 1 aliphatic rings. The fraction of sp³-hybridized carbons (Fsp3) is 0.667. The van der Waals surface area contributed by atoms with Gasteiger partial charge >= 0.3 is 0 Å². The van der Waals surface area contributed by atoms with Crippen LogP contribution in [0.25, 0.3) is 0 Å². The Kier molecular flexibility index (Phi) is 5.65. The molecule has 0 radical (unpaired) electrons. The molecule has 1 fully saturated rings. The smallest absolute Gasteiger partial charge is 0.119 e. The Balaban J connectivity index is 2.15. The average Bonchev–Trinajstić information content (AvgIpc) is 2.53. The molecule has 0 aliphatic heterocycles. The van der Waals surface area contributed by atoms with Crippen LogP contribution in [0.4, 0.5) is 0 Å². The van der Waals surface area contributed by atoms with Crippen LogP contribution in [-0.4, -0.2) is 18.3 Å². The zero-order valence-corrected chi connectivity index (χ0v) is 13.3. The SMILES string of the molecule is CCCOc1cccc(C(O)C2(CN)CCC(C)CC2)c1. The van der Waals surface area contributed by atoms with Crippen LogP contribution in [-0.2, 0) is 0 Å². The van der Waals surface area contributed by atoms with Crippen molar-refractivity contribution >= 4 is 0 Å². The predicted molar refractivity (Wildman–Crippen MR) is 86.3 cm³/mol. The molecule has 0 heterocycles. The van der Waals surface area contributed by atoms with Crippen molar-refractivity contribution in [3.8, 4) is 5.75 Å². The van der Waals surface area contributed by atoms with E-state index in [1.54, 1.807) is 0 Å². The Morgan fingerprint density at radius 1 is 1.38 bits per heavy atom. The molecule has 0 amide bonds. The Labute approximate surface area is 128 Å². The number of nitrogens with two attached hydrogens (primary N) is 1. The highest BCUT2D eigenvalue weighted by Gasteiger charge is 2.40. The molecule has 1 aromatic rings. The molecule has 21 heavy (non-hydrogen) atoms. The fourth-order valence-electron chi connectivity index (χ4n) is 3.27. The van der Waals surface area contributed by atoms with Crippen molar-refractivity contribution in [2.24, 2.45) is 17.1 Å². The molecule has 3 nitrogen and oxygen atoms in total. The third kappa shape index (κ3) is 3.78. The van der Waals surface area contributed by atoms with Gasteiger partial charge in [0.05, 0.1) is 12.7 Å². The Morgan fingerprint density at radius 3 is 2.71 bits per heavy atom. The van der Waals surface area contributed by atoms with Gasteiger partial charge in [-0.3, -0.25) is 0 Å². The monoisotopic (exact) mass is 291 g/mol. The van der Waals surface area contributed by atoms with Gasteiger partial charge in [-0.05, 0) is 42.9 Å². The number of hydrogen-bond acceptors (Lipinski definition) is 3. The Hall–Kier alpha value is -1.06. The second kappa shape index (κ2) is 7.28. The van der Waals surface area contributed by atoms with Gasteiger partial charge in [0, 0.05) is 12.0 Å². The van der Waals surface area contributed by atoms with Crippen LogP contribution >= 0.6 is 0 Å². The molecule has 3 heteroatoms. The molecule has 2 rings (SSSR count). The summed E-state index contributed by atoms with van der Waals surface area (Å²) in [6.45, 7) is 5.62. The van der Waals surface area contributed by atoms with Gasteiger partial charge in [0.2, 0.25) is 0 Å². The highest BCUT2D eigenvalue weighted by atomic mass is 16.5. The Bertz CT molecular complexity index is 439. The van der Waals surface area contributed by atoms with E-state index < -0.39 is 6.10 Å². The molecular weight excluding hydrogens is 262 g/mol. The number of aliphatic hydroxyl groups excluding tert-OH is 1. The van der Waals surface area contributed by atoms with Crippen LogP contribution in [0.15, 0.2) is 24.3 Å². The van der Waals surface area contributed by atoms with Gasteiger partial charge in [-0.1, -0.05) is 38.8 Å². The zero-order chi connectivity index (χ0) is 15.3. The van der Waals surface area contributed by atoms with Gasteiger partial charge in [-0.2, -0.15) is 0 Å². The number of benzene rings is 1. The summed E-state index contributed by atoms with van der Waals surface area (Å²) in [5.41, 5.74) is 6.81. The third-order valence-corrected chi connectivity index (χ3v) is 4.90. The minimum atomic E-state index is -0.500. The topological polar surface area (TPSA) is 55.5 Å². The lowest BCUT2D eigenvalue weighted by Crippen LogP contribution is -2.39. The lowest BCUT2D eigenvalue weighted by Gasteiger charge is -2.42. The van der Waals surface area contributed by atoms with Crippen molar-refractivity contribution in [2.45, 2.75) is 52.1 Å². The van der Waals surface area contributed by atoms with Crippen molar-refractivity contribution in [1.29, 1.82) is 0 Å². The van der Waals surface area contributed by atoms with E-state index in [1.807, 2.05) is 24.3 Å². The van der Waals surface area contributed by atoms with Crippen LogP contribution < -0.4 is 10.5 Å². The van der Waals surface area contributed by atoms with Crippen molar-refractivity contribution in [1.82, 2.24) is 0 Å². The van der Waals surface area contributed by atoms with Crippen LogP contribution in [0, 0.1) is 11.3 Å². The van der Waals surface area contributed by atoms with E-state index in [9.17, 15) is 5.11 Å². The Morgan fingerprint density at radius 2 is 2.10 bits per heavy atom. The zero-order valence-electron chi connectivity index (χ0n) is 13.3. The first-order chi connectivity index (χ1) is 10.1. The molecule has 1 aromatic carbocycles. The van der Waals surface area contributed by atoms with Gasteiger partial charge in [-0.25, -0.2) is 0 Å². The van der Waals surface area contributed by atoms with Gasteiger partial charge in [0.15, 0.2) is 0 Å². The molecule has 0 aromatic heterocycles. The average molecular weight is 291 g/mol. The maximum atomic E-state index is 10.9. The summed E-state index contributed by atoms with van der Waals surface area (Å²) < 4.78 is 5.67. The van der Waals surface area contributed by atoms with Crippen molar-refractivity contribution < 1.29 is 9.84 Å². The van der Waals surface area contributed by atoms with E-state index in [0.29, 0.717) is 13.2 Å². The second-order valence-electron chi connectivity index (χ2n) is 6.57. The molecule has 3 N–H and O–H groups in total. The number of rotatable bonds is 6. The molecule has 1 atom stereocenters. The predicted octanol–water partition coefficient (Wildman–Crippen LogP) is 3.66. The van der Waals surface area contributed by atoms with E-state index in [4.69, 9.17) is 10.5 Å². The van der Waals surface area contributed by atoms with E-state index in [2.05, 4.69) is 13.8 Å². The maximum Gasteiger partial charge on any atom is 0.119 e. The first-order valence-corrected chi connectivity index (χ1v) is 8.22. The molecule has 1 aliphatic carbocycles. The number of aliphatic hydroxyl groups is 1. The van der Waals surface area contributed by atoms with Crippen molar-refractivity contribution in [3.63, 3.8) is 0 Å². The molecule has 1 unspecified atom stereocenters. The van der Waals surface area contributed by atoms with Crippen LogP contribution in [0.3, 0.4) is 0 Å². The minimum Gasteiger partial charge on any atom is -0.494 e. The van der Waals surface area contributed by atoms with Crippen molar-refractivity contribution in [2.75, 3.05) is 13.2 Å². The fourth-order valence-corrected chi connectivity index (χ4v) is 3.27. The van der Waals surface area contributed by atoms with Gasteiger partial charge < -0.3 is 15.6 Å². The summed E-state index contributed by atoms with van der Waals surface area (Å²) in [7, 11) is 0. The summed E-state index contributed by atoms with van der Waals surface area (Å²) in [5.74, 6) is 1.58. The lowest BCUT2D eigenvalue weighted by atomic mass is 9.66. The maximum absolute atomic E-state index is 10.9. The van der Waals surface area contributed by atoms with Gasteiger partial charge in [0.1, 0.15) is 5.75 Å². The van der Waals surface area contributed by atoms with E-state index in [1.165, 1.54) is 0 Å². The van der Waals surface area contributed by atoms with Crippen molar-refractivity contribution in [3.05, 3.63) is 29.8 Å². The lowest BCUT2D eigenvalue weighted by molar-refractivity contribution is -0.00830. The highest BCUT2D eigenvalue weighted by Crippen LogP contribution is 2.47. The third-order valence-electron chi connectivity index (χ3n) is 4.90. The normalized spacial score (nSPS) is 27.3. The molecule has 118 valence electrons. The van der Waals surface area contributed by atoms with E-state index in [-0.39, 0.29) is 5.41 Å². The first kappa shape index (κ1) is 16.3. The number of ether oxygens (including phenoxy) is 1. The van der Waals surface area contributed by atoms with Crippen LogP contribution in [0.1, 0.15) is 57.6 Å². The molecule has 1 saturated carbocycles. The summed E-state index contributed by atoms with van der Waals surface area (Å²) >= 11 is 0. The second-order valence-corrected chi connectivity index (χ2v) is 6.57.